The van der Waals surface area contributed by atoms with Gasteiger partial charge >= 0.3 is 0 Å². The predicted octanol–water partition coefficient (Wildman–Crippen LogP) is 19.4. The van der Waals surface area contributed by atoms with Crippen molar-refractivity contribution in [3.05, 3.63) is 48.6 Å². The standard InChI is InChI=1S/C61H115NO3/c1-3-5-7-9-11-13-15-17-19-21-23-24-25-26-27-28-29-30-31-32-33-34-35-36-37-38-39-41-43-45-47-49-51-53-55-57-61(65)62-59(58-63)60(64)56-54-52-50-48-46-44-42-40-22-20-18-16-14-12-10-8-6-4-2/h5,7,11,13,17,19,23-24,59-60,63-64H,3-4,6,8-10,12,14-16,18,20-22,25-58H2,1-2H3,(H,62,65)/b7-5-,13-11-,19-17-,24-23-. The molecular formula is C61H115NO3. The van der Waals surface area contributed by atoms with E-state index in [4.69, 9.17) is 0 Å². The summed E-state index contributed by atoms with van der Waals surface area (Å²) in [6.07, 6.45) is 78.3. The van der Waals surface area contributed by atoms with Gasteiger partial charge in [0.1, 0.15) is 0 Å². The Morgan fingerprint density at radius 2 is 0.677 bits per heavy atom. The summed E-state index contributed by atoms with van der Waals surface area (Å²) < 4.78 is 0. The van der Waals surface area contributed by atoms with Crippen LogP contribution in [0, 0.1) is 0 Å². The highest BCUT2D eigenvalue weighted by atomic mass is 16.3. The third kappa shape index (κ3) is 53.2. The maximum Gasteiger partial charge on any atom is 0.220 e. The van der Waals surface area contributed by atoms with E-state index in [1.165, 1.54) is 238 Å². The van der Waals surface area contributed by atoms with Crippen molar-refractivity contribution in [3.63, 3.8) is 0 Å². The van der Waals surface area contributed by atoms with Crippen LogP contribution in [0.4, 0.5) is 0 Å². The molecule has 0 spiro atoms. The highest BCUT2D eigenvalue weighted by molar-refractivity contribution is 5.76. The second-order valence-electron chi connectivity index (χ2n) is 20.0. The fourth-order valence-electron chi connectivity index (χ4n) is 9.18. The first-order chi connectivity index (χ1) is 32.2. The summed E-state index contributed by atoms with van der Waals surface area (Å²) in [5, 5.41) is 23.3. The number of aliphatic hydroxyl groups is 2. The van der Waals surface area contributed by atoms with Crippen LogP contribution in [0.5, 0.6) is 0 Å². The number of rotatable bonds is 54. The Hall–Kier alpha value is -1.65. The van der Waals surface area contributed by atoms with Gasteiger partial charge in [0.15, 0.2) is 0 Å². The Kier molecular flexibility index (Phi) is 55.2. The highest BCUT2D eigenvalue weighted by Gasteiger charge is 2.20. The molecule has 0 radical (unpaired) electrons. The minimum atomic E-state index is -0.658. The molecule has 0 heterocycles. The molecule has 0 fully saturated rings. The summed E-state index contributed by atoms with van der Waals surface area (Å²) >= 11 is 0. The average molecular weight is 911 g/mol. The topological polar surface area (TPSA) is 69.6 Å². The van der Waals surface area contributed by atoms with Gasteiger partial charge in [0.25, 0.3) is 0 Å². The zero-order valence-electron chi connectivity index (χ0n) is 44.0. The molecule has 0 aliphatic carbocycles. The molecule has 0 aliphatic heterocycles. The molecule has 0 bridgehead atoms. The van der Waals surface area contributed by atoms with Gasteiger partial charge in [-0.2, -0.15) is 0 Å². The largest absolute Gasteiger partial charge is 0.394 e. The van der Waals surface area contributed by atoms with E-state index in [9.17, 15) is 15.0 Å². The van der Waals surface area contributed by atoms with Crippen molar-refractivity contribution < 1.29 is 15.0 Å². The van der Waals surface area contributed by atoms with Gasteiger partial charge in [0.05, 0.1) is 18.8 Å². The zero-order valence-corrected chi connectivity index (χ0v) is 44.0. The summed E-state index contributed by atoms with van der Waals surface area (Å²) in [7, 11) is 0. The van der Waals surface area contributed by atoms with Gasteiger partial charge in [0.2, 0.25) is 5.91 Å². The first kappa shape index (κ1) is 63.4. The predicted molar refractivity (Wildman–Crippen MR) is 290 cm³/mol. The molecule has 0 aromatic carbocycles. The second kappa shape index (κ2) is 56.7. The number of hydrogen-bond donors (Lipinski definition) is 3. The normalized spacial score (nSPS) is 13.1. The number of aliphatic hydroxyl groups excluding tert-OH is 2. The van der Waals surface area contributed by atoms with E-state index >= 15 is 0 Å². The van der Waals surface area contributed by atoms with E-state index in [2.05, 4.69) is 67.8 Å². The van der Waals surface area contributed by atoms with Gasteiger partial charge in [0, 0.05) is 6.42 Å². The van der Waals surface area contributed by atoms with E-state index < -0.39 is 12.1 Å². The molecule has 0 aromatic heterocycles. The van der Waals surface area contributed by atoms with Crippen molar-refractivity contribution >= 4 is 5.91 Å². The second-order valence-corrected chi connectivity index (χ2v) is 20.0. The van der Waals surface area contributed by atoms with Crippen LogP contribution < -0.4 is 5.32 Å². The average Bonchev–Trinajstić information content (AvgIpc) is 3.31. The molecule has 382 valence electrons. The third-order valence-electron chi connectivity index (χ3n) is 13.6. The van der Waals surface area contributed by atoms with Crippen LogP contribution in [0.25, 0.3) is 0 Å². The molecule has 0 saturated carbocycles. The lowest BCUT2D eigenvalue weighted by atomic mass is 10.0. The molecule has 2 unspecified atom stereocenters. The lowest BCUT2D eigenvalue weighted by molar-refractivity contribution is -0.123. The van der Waals surface area contributed by atoms with E-state index in [1.807, 2.05) is 0 Å². The van der Waals surface area contributed by atoms with Crippen molar-refractivity contribution in [3.8, 4) is 0 Å². The molecule has 3 N–H and O–H groups in total. The van der Waals surface area contributed by atoms with Crippen molar-refractivity contribution in [2.45, 2.75) is 328 Å². The van der Waals surface area contributed by atoms with Crippen LogP contribution in [0.1, 0.15) is 316 Å². The quantitative estimate of drug-likeness (QED) is 0.0421. The van der Waals surface area contributed by atoms with Crippen molar-refractivity contribution in [1.82, 2.24) is 5.32 Å². The minimum Gasteiger partial charge on any atom is -0.394 e. The van der Waals surface area contributed by atoms with Gasteiger partial charge in [-0.1, -0.05) is 306 Å². The Morgan fingerprint density at radius 1 is 0.385 bits per heavy atom. The summed E-state index contributed by atoms with van der Waals surface area (Å²) in [6, 6.07) is -0.535. The van der Waals surface area contributed by atoms with Gasteiger partial charge in [-0.3, -0.25) is 4.79 Å². The van der Waals surface area contributed by atoms with Gasteiger partial charge in [-0.15, -0.1) is 0 Å². The Bertz CT molecular complexity index is 1030. The molecule has 4 heteroatoms. The van der Waals surface area contributed by atoms with E-state index in [0.29, 0.717) is 12.8 Å². The lowest BCUT2D eigenvalue weighted by Gasteiger charge is -2.22. The lowest BCUT2D eigenvalue weighted by Crippen LogP contribution is -2.45. The summed E-state index contributed by atoms with van der Waals surface area (Å²) in [5.74, 6) is -0.0257. The highest BCUT2D eigenvalue weighted by Crippen LogP contribution is 2.18. The summed E-state index contributed by atoms with van der Waals surface area (Å²) in [5.41, 5.74) is 0. The SMILES string of the molecule is CC/C=C\C/C=C\C/C=C\C/C=C\CCCCCCCCCCCCCCCCCCCCCCCCC(=O)NC(CO)C(O)CCCCCCCCCCCCCCCCCCCC. The zero-order chi connectivity index (χ0) is 47.0. The van der Waals surface area contributed by atoms with E-state index in [1.54, 1.807) is 0 Å². The van der Waals surface area contributed by atoms with E-state index in [0.717, 1.165) is 51.4 Å². The van der Waals surface area contributed by atoms with Crippen LogP contribution in [-0.2, 0) is 4.79 Å². The molecular weight excluding hydrogens is 795 g/mol. The number of amides is 1. The van der Waals surface area contributed by atoms with Crippen LogP contribution in [0.3, 0.4) is 0 Å². The number of nitrogens with one attached hydrogen (secondary N) is 1. The maximum absolute atomic E-state index is 12.5. The molecule has 0 aliphatic rings. The summed E-state index contributed by atoms with van der Waals surface area (Å²) in [6.45, 7) is 4.27. The summed E-state index contributed by atoms with van der Waals surface area (Å²) in [4.78, 5) is 12.5. The van der Waals surface area contributed by atoms with Crippen LogP contribution >= 0.6 is 0 Å². The van der Waals surface area contributed by atoms with Gasteiger partial charge in [-0.05, 0) is 51.4 Å². The number of carbonyl (C=O) groups is 1. The molecule has 65 heavy (non-hydrogen) atoms. The minimum absolute atomic E-state index is 0.0257. The van der Waals surface area contributed by atoms with Crippen LogP contribution in [-0.4, -0.2) is 34.9 Å². The van der Waals surface area contributed by atoms with Crippen molar-refractivity contribution in [2.75, 3.05) is 6.61 Å². The fraction of sp³-hybridized carbons (Fsp3) is 0.852. The third-order valence-corrected chi connectivity index (χ3v) is 13.6. The fourth-order valence-corrected chi connectivity index (χ4v) is 9.18. The smallest absolute Gasteiger partial charge is 0.220 e. The van der Waals surface area contributed by atoms with Crippen LogP contribution in [0.2, 0.25) is 0 Å². The number of allylic oxidation sites excluding steroid dienone is 8. The van der Waals surface area contributed by atoms with E-state index in [-0.39, 0.29) is 12.5 Å². The Morgan fingerprint density at radius 3 is 1.02 bits per heavy atom. The van der Waals surface area contributed by atoms with Crippen molar-refractivity contribution in [2.24, 2.45) is 0 Å². The molecule has 0 saturated heterocycles. The first-order valence-corrected chi connectivity index (χ1v) is 29.3. The monoisotopic (exact) mass is 910 g/mol. The van der Waals surface area contributed by atoms with Crippen LogP contribution in [0.15, 0.2) is 48.6 Å². The molecule has 1 amide bonds. The van der Waals surface area contributed by atoms with Crippen molar-refractivity contribution in [1.29, 1.82) is 0 Å². The van der Waals surface area contributed by atoms with Gasteiger partial charge < -0.3 is 15.5 Å². The Labute approximate surface area is 407 Å². The molecule has 0 rings (SSSR count). The molecule has 2 atom stereocenters. The van der Waals surface area contributed by atoms with Gasteiger partial charge in [-0.25, -0.2) is 0 Å². The first-order valence-electron chi connectivity index (χ1n) is 29.3. The Balaban J connectivity index is 3.40. The number of unbranched alkanes of at least 4 members (excludes halogenated alkanes) is 39. The molecule has 0 aromatic rings. The number of hydrogen-bond acceptors (Lipinski definition) is 3. The number of carbonyl (C=O) groups excluding carboxylic acids is 1. The molecule has 4 nitrogen and oxygen atoms in total. The maximum atomic E-state index is 12.5.